The molecule has 9 aromatic rings. The molecule has 0 saturated heterocycles. The summed E-state index contributed by atoms with van der Waals surface area (Å²) in [5.74, 6) is 0. The van der Waals surface area contributed by atoms with Crippen LogP contribution in [0.15, 0.2) is 182 Å². The Bertz CT molecular complexity index is 2730. The van der Waals surface area contributed by atoms with E-state index in [1.807, 2.05) is 60.7 Å². The molecule has 2 aromatic heterocycles. The first-order chi connectivity index (χ1) is 24.2. The molecule has 0 aliphatic carbocycles. The predicted molar refractivity (Wildman–Crippen MR) is 205 cm³/mol. The summed E-state index contributed by atoms with van der Waals surface area (Å²) >= 11 is 0. The Balaban J connectivity index is 1.45. The maximum absolute atomic E-state index is 16.7. The molecule has 0 bridgehead atoms. The lowest BCUT2D eigenvalue weighted by molar-refractivity contribution is 0.587. The van der Waals surface area contributed by atoms with Gasteiger partial charge in [0.2, 0.25) is 7.29 Å². The van der Waals surface area contributed by atoms with Crippen LogP contribution in [0.4, 0.5) is 11.4 Å². The van der Waals surface area contributed by atoms with E-state index < -0.39 is 7.29 Å². The summed E-state index contributed by atoms with van der Waals surface area (Å²) < 4.78 is 23.6. The van der Waals surface area contributed by atoms with Crippen LogP contribution in [-0.2, 0) is 4.57 Å². The van der Waals surface area contributed by atoms with Crippen molar-refractivity contribution in [3.05, 3.63) is 182 Å². The smallest absolute Gasteiger partial charge is 0.236 e. The van der Waals surface area contributed by atoms with Gasteiger partial charge in [0.05, 0.1) is 33.2 Å². The molecule has 0 saturated carbocycles. The molecule has 4 nitrogen and oxygen atoms in total. The van der Waals surface area contributed by atoms with Gasteiger partial charge in [-0.25, -0.2) is 0 Å². The van der Waals surface area contributed by atoms with Crippen LogP contribution in [0.5, 0.6) is 0 Å². The second kappa shape index (κ2) is 10.7. The van der Waals surface area contributed by atoms with Gasteiger partial charge in [0.1, 0.15) is 0 Å². The molecule has 10 rings (SSSR count). The van der Waals surface area contributed by atoms with Crippen LogP contribution in [0.2, 0.25) is 0 Å². The number of para-hydroxylation sites is 5. The lowest BCUT2D eigenvalue weighted by atomic mass is 10.1. The number of fused-ring (bicyclic) bond motifs is 8. The Hall–Kier alpha value is -6.09. The quantitative estimate of drug-likeness (QED) is 0.178. The zero-order chi connectivity index (χ0) is 32.5. The molecule has 1 atom stereocenters. The van der Waals surface area contributed by atoms with Crippen molar-refractivity contribution in [3.63, 3.8) is 0 Å². The Labute approximate surface area is 284 Å². The van der Waals surface area contributed by atoms with Gasteiger partial charge in [-0.15, -0.1) is 0 Å². The average Bonchev–Trinajstić information content (AvgIpc) is 3.68. The Morgan fingerprint density at radius 3 is 1.63 bits per heavy atom. The van der Waals surface area contributed by atoms with Crippen LogP contribution in [0.1, 0.15) is 0 Å². The lowest BCUT2D eigenvalue weighted by Gasteiger charge is -2.39. The molecule has 3 heterocycles. The van der Waals surface area contributed by atoms with Crippen molar-refractivity contribution in [1.82, 2.24) is 9.13 Å². The third kappa shape index (κ3) is 3.96. The highest BCUT2D eigenvalue weighted by atomic mass is 31.2. The maximum atomic E-state index is 16.7. The van der Waals surface area contributed by atoms with Gasteiger partial charge in [-0.05, 0) is 72.8 Å². The number of anilines is 2. The Morgan fingerprint density at radius 1 is 0.408 bits per heavy atom. The molecule has 1 unspecified atom stereocenters. The summed E-state index contributed by atoms with van der Waals surface area (Å²) in [6.07, 6.45) is 0. The van der Waals surface area contributed by atoms with Gasteiger partial charge >= 0.3 is 0 Å². The van der Waals surface area contributed by atoms with Gasteiger partial charge in [-0.2, -0.15) is 0 Å². The fourth-order valence-electron chi connectivity index (χ4n) is 7.84. The van der Waals surface area contributed by atoms with E-state index in [9.17, 15) is 0 Å². The first kappa shape index (κ1) is 28.0. The van der Waals surface area contributed by atoms with E-state index in [-0.39, 0.29) is 0 Å². The molecule has 49 heavy (non-hydrogen) atoms. The number of nitrogens with zero attached hydrogens (tertiary/aromatic N) is 3. The van der Waals surface area contributed by atoms with Crippen LogP contribution >= 0.6 is 7.29 Å². The number of hydrogen-bond acceptors (Lipinski definition) is 1. The minimum absolute atomic E-state index is 0.800. The van der Waals surface area contributed by atoms with Gasteiger partial charge in [-0.1, -0.05) is 109 Å². The van der Waals surface area contributed by atoms with E-state index in [1.165, 1.54) is 0 Å². The molecular formula is C44H30N3OP. The molecule has 1 aliphatic rings. The predicted octanol–water partition coefficient (Wildman–Crippen LogP) is 10.8. The molecule has 0 spiro atoms. The molecule has 7 aromatic carbocycles. The molecule has 0 radical (unpaired) electrons. The van der Waals surface area contributed by atoms with E-state index in [4.69, 9.17) is 0 Å². The van der Waals surface area contributed by atoms with E-state index in [0.29, 0.717) is 0 Å². The van der Waals surface area contributed by atoms with Gasteiger partial charge in [-0.3, -0.25) is 9.24 Å². The highest BCUT2D eigenvalue weighted by Crippen LogP contribution is 2.63. The average molecular weight is 648 g/mol. The highest BCUT2D eigenvalue weighted by molar-refractivity contribution is 7.81. The number of aromatic nitrogens is 2. The largest absolute Gasteiger partial charge is 0.309 e. The SMILES string of the molecule is O=P1(c2ccccc2)c2c(n(-c3ccccc3)c3cc4c(cc23)c2ccccc2n4-c2ccccc2)-c2ccccc2N1c1ccccc1. The summed E-state index contributed by atoms with van der Waals surface area (Å²) in [7, 11) is -3.55. The van der Waals surface area contributed by atoms with Crippen LogP contribution in [0, 0.1) is 0 Å². The molecule has 5 heteroatoms. The topological polar surface area (TPSA) is 30.2 Å². The summed E-state index contributed by atoms with van der Waals surface area (Å²) in [6.45, 7) is 0. The molecular weight excluding hydrogens is 617 g/mol. The molecule has 0 N–H and O–H groups in total. The minimum atomic E-state index is -3.55. The normalized spacial score (nSPS) is 15.5. The van der Waals surface area contributed by atoms with Crippen molar-refractivity contribution >= 4 is 62.0 Å². The number of benzene rings is 7. The highest BCUT2D eigenvalue weighted by Gasteiger charge is 2.46. The van der Waals surface area contributed by atoms with Crippen LogP contribution < -0.4 is 15.3 Å². The van der Waals surface area contributed by atoms with Crippen LogP contribution in [0.3, 0.4) is 0 Å². The standard InChI is InChI=1S/C44H30N3OP/c48-49(34-23-11-4-12-24-34)44-38-29-37-35-25-13-15-27-39(35)45(31-17-5-1-6-18-31)41(37)30-42(38)46(32-19-7-2-8-20-32)43(44)36-26-14-16-28-40(36)47(49)33-21-9-3-10-22-33/h1-30H. The number of rotatable bonds is 4. The Morgan fingerprint density at radius 2 is 0.939 bits per heavy atom. The van der Waals surface area contributed by atoms with E-state index >= 15 is 4.57 Å². The molecule has 0 fully saturated rings. The molecule has 0 amide bonds. The summed E-state index contributed by atoms with van der Waals surface area (Å²) in [4.78, 5) is 0. The first-order valence-electron chi connectivity index (χ1n) is 16.6. The minimum Gasteiger partial charge on any atom is -0.309 e. The second-order valence-electron chi connectivity index (χ2n) is 12.5. The number of hydrogen-bond donors (Lipinski definition) is 0. The van der Waals surface area contributed by atoms with Gasteiger partial charge in [0.25, 0.3) is 0 Å². The van der Waals surface area contributed by atoms with Gasteiger partial charge in [0.15, 0.2) is 0 Å². The van der Waals surface area contributed by atoms with Crippen molar-refractivity contribution in [2.75, 3.05) is 4.67 Å². The molecule has 232 valence electrons. The summed E-state index contributed by atoms with van der Waals surface area (Å²) in [5.41, 5.74) is 9.23. The zero-order valence-electron chi connectivity index (χ0n) is 26.5. The third-order valence-electron chi connectivity index (χ3n) is 9.84. The van der Waals surface area contributed by atoms with Crippen molar-refractivity contribution in [1.29, 1.82) is 0 Å². The van der Waals surface area contributed by atoms with Crippen LogP contribution in [-0.4, -0.2) is 9.13 Å². The Kier molecular flexibility index (Phi) is 6.12. The van der Waals surface area contributed by atoms with Crippen molar-refractivity contribution < 1.29 is 4.57 Å². The third-order valence-corrected chi connectivity index (χ3v) is 12.9. The van der Waals surface area contributed by atoms with Gasteiger partial charge < -0.3 is 9.13 Å². The lowest BCUT2D eigenvalue weighted by Crippen LogP contribution is -2.33. The molecule has 1 aliphatic heterocycles. The van der Waals surface area contributed by atoms with Crippen molar-refractivity contribution in [2.24, 2.45) is 0 Å². The second-order valence-corrected chi connectivity index (χ2v) is 15.0. The van der Waals surface area contributed by atoms with Gasteiger partial charge in [0, 0.05) is 44.1 Å². The first-order valence-corrected chi connectivity index (χ1v) is 18.2. The fraction of sp³-hybridized carbons (Fsp3) is 0. The zero-order valence-corrected chi connectivity index (χ0v) is 27.4. The maximum Gasteiger partial charge on any atom is 0.236 e. The summed E-state index contributed by atoms with van der Waals surface area (Å²) in [6, 6.07) is 63.0. The monoisotopic (exact) mass is 647 g/mol. The van der Waals surface area contributed by atoms with E-state index in [0.717, 1.165) is 77.3 Å². The van der Waals surface area contributed by atoms with Crippen molar-refractivity contribution in [3.8, 4) is 22.6 Å². The van der Waals surface area contributed by atoms with Crippen molar-refractivity contribution in [2.45, 2.75) is 0 Å². The van der Waals surface area contributed by atoms with Crippen LogP contribution in [0.25, 0.3) is 55.3 Å². The fourth-order valence-corrected chi connectivity index (χ4v) is 11.1. The summed E-state index contributed by atoms with van der Waals surface area (Å²) in [5, 5.41) is 4.94. The van der Waals surface area contributed by atoms with E-state index in [2.05, 4.69) is 135 Å². The van der Waals surface area contributed by atoms with E-state index in [1.54, 1.807) is 0 Å².